The summed E-state index contributed by atoms with van der Waals surface area (Å²) in [5, 5.41) is 21.8. The number of halogens is 2. The fraction of sp³-hybridized carbons (Fsp3) is 0.400. The Balaban J connectivity index is 2.50. The summed E-state index contributed by atoms with van der Waals surface area (Å²) in [7, 11) is 0. The van der Waals surface area contributed by atoms with Crippen LogP contribution in [0.3, 0.4) is 0 Å². The highest BCUT2D eigenvalue weighted by atomic mass is 79.9. The van der Waals surface area contributed by atoms with Crippen molar-refractivity contribution in [3.05, 3.63) is 21.9 Å². The number of hydrogen-bond donors (Lipinski definition) is 3. The molecule has 1 fully saturated rings. The van der Waals surface area contributed by atoms with Crippen molar-refractivity contribution in [1.82, 2.24) is 5.32 Å². The summed E-state index contributed by atoms with van der Waals surface area (Å²) in [6, 6.07) is 0.848. The highest BCUT2D eigenvalue weighted by Crippen LogP contribution is 2.41. The van der Waals surface area contributed by atoms with E-state index in [1.807, 2.05) is 0 Å². The molecule has 15 heavy (non-hydrogen) atoms. The van der Waals surface area contributed by atoms with E-state index in [-0.39, 0.29) is 16.3 Å². The van der Waals surface area contributed by atoms with Crippen molar-refractivity contribution < 1.29 is 14.6 Å². The van der Waals surface area contributed by atoms with Gasteiger partial charge in [0.25, 0.3) is 0 Å². The van der Waals surface area contributed by atoms with E-state index >= 15 is 0 Å². The molecule has 1 aliphatic rings. The van der Waals surface area contributed by atoms with Gasteiger partial charge >= 0.3 is 0 Å². The number of phenolic OH excluding ortho intramolecular Hbond substituents is 2. The minimum Gasteiger partial charge on any atom is -0.504 e. The van der Waals surface area contributed by atoms with E-state index in [4.69, 9.17) is 0 Å². The monoisotopic (exact) mass is 275 g/mol. The van der Waals surface area contributed by atoms with Crippen LogP contribution in [-0.4, -0.2) is 16.8 Å². The number of benzene rings is 1. The molecule has 0 amide bonds. The first-order chi connectivity index (χ1) is 7.11. The van der Waals surface area contributed by atoms with E-state index in [2.05, 4.69) is 21.2 Å². The van der Waals surface area contributed by atoms with Gasteiger partial charge in [-0.3, -0.25) is 0 Å². The quantitative estimate of drug-likeness (QED) is 0.690. The lowest BCUT2D eigenvalue weighted by Crippen LogP contribution is -2.15. The Kier molecular flexibility index (Phi) is 2.84. The molecule has 0 aromatic heterocycles. The molecule has 0 spiro atoms. The summed E-state index contributed by atoms with van der Waals surface area (Å²) in [6.07, 6.45) is 1.82. The third kappa shape index (κ3) is 1.81. The molecule has 0 radical (unpaired) electrons. The van der Waals surface area contributed by atoms with E-state index in [1.54, 1.807) is 0 Å². The van der Waals surface area contributed by atoms with Gasteiger partial charge in [0, 0.05) is 17.7 Å². The van der Waals surface area contributed by atoms with Gasteiger partial charge in [-0.1, -0.05) is 0 Å². The second-order valence-electron chi connectivity index (χ2n) is 3.60. The van der Waals surface area contributed by atoms with Crippen LogP contribution in [0.5, 0.6) is 11.5 Å². The lowest BCUT2D eigenvalue weighted by atomic mass is 10.0. The van der Waals surface area contributed by atoms with E-state index in [0.717, 1.165) is 25.5 Å². The second-order valence-corrected chi connectivity index (χ2v) is 4.40. The van der Waals surface area contributed by atoms with Crippen LogP contribution in [0.1, 0.15) is 24.4 Å². The molecule has 3 nitrogen and oxygen atoms in total. The zero-order valence-electron chi connectivity index (χ0n) is 7.93. The Labute approximate surface area is 95.1 Å². The van der Waals surface area contributed by atoms with Crippen LogP contribution in [0.2, 0.25) is 0 Å². The van der Waals surface area contributed by atoms with Gasteiger partial charge < -0.3 is 15.5 Å². The normalized spacial score (nSPS) is 20.8. The number of hydrogen-bond acceptors (Lipinski definition) is 3. The van der Waals surface area contributed by atoms with Crippen LogP contribution >= 0.6 is 15.9 Å². The van der Waals surface area contributed by atoms with E-state index in [0.29, 0.717) is 5.56 Å². The molecular formula is C10H11BrFNO2. The molecule has 0 bridgehead atoms. The number of nitrogens with one attached hydrogen (secondary N) is 1. The molecule has 1 unspecified atom stereocenters. The minimum atomic E-state index is -0.503. The van der Waals surface area contributed by atoms with Crippen molar-refractivity contribution in [2.45, 2.75) is 18.9 Å². The first kappa shape index (κ1) is 10.7. The van der Waals surface area contributed by atoms with Crippen LogP contribution in [0.4, 0.5) is 4.39 Å². The number of rotatable bonds is 1. The first-order valence-electron chi connectivity index (χ1n) is 4.74. The minimum absolute atomic E-state index is 0.0918. The van der Waals surface area contributed by atoms with Crippen molar-refractivity contribution in [2.75, 3.05) is 6.54 Å². The van der Waals surface area contributed by atoms with Gasteiger partial charge in [0.05, 0.1) is 4.47 Å². The van der Waals surface area contributed by atoms with Crippen LogP contribution in [-0.2, 0) is 0 Å². The molecule has 0 aliphatic carbocycles. The maximum atomic E-state index is 13.6. The Morgan fingerprint density at radius 3 is 2.80 bits per heavy atom. The number of aromatic hydroxyl groups is 2. The van der Waals surface area contributed by atoms with Crippen molar-refractivity contribution >= 4 is 15.9 Å². The Morgan fingerprint density at radius 1 is 1.47 bits per heavy atom. The molecule has 1 heterocycles. The molecule has 1 aliphatic heterocycles. The molecule has 3 N–H and O–H groups in total. The Morgan fingerprint density at radius 2 is 2.20 bits per heavy atom. The standard InChI is InChI=1S/C10H11BrFNO2/c11-9-8(6-2-1-3-13-6)5(12)4-7(14)10(9)15/h4,6,13-15H,1-3H2. The van der Waals surface area contributed by atoms with E-state index < -0.39 is 11.6 Å². The zero-order chi connectivity index (χ0) is 11.0. The largest absolute Gasteiger partial charge is 0.504 e. The fourth-order valence-corrected chi connectivity index (χ4v) is 2.53. The van der Waals surface area contributed by atoms with Crippen molar-refractivity contribution in [2.24, 2.45) is 0 Å². The van der Waals surface area contributed by atoms with Gasteiger partial charge in [0.15, 0.2) is 11.5 Å². The average Bonchev–Trinajstić information content (AvgIpc) is 2.68. The highest BCUT2D eigenvalue weighted by Gasteiger charge is 2.25. The molecule has 1 saturated heterocycles. The smallest absolute Gasteiger partial charge is 0.172 e. The maximum absolute atomic E-state index is 13.6. The van der Waals surface area contributed by atoms with Crippen molar-refractivity contribution in [1.29, 1.82) is 0 Å². The highest BCUT2D eigenvalue weighted by molar-refractivity contribution is 9.10. The third-order valence-corrected chi connectivity index (χ3v) is 3.42. The molecule has 82 valence electrons. The summed E-state index contributed by atoms with van der Waals surface area (Å²) in [4.78, 5) is 0. The van der Waals surface area contributed by atoms with E-state index in [9.17, 15) is 14.6 Å². The molecule has 1 aromatic carbocycles. The molecule has 2 rings (SSSR count). The van der Waals surface area contributed by atoms with Gasteiger partial charge in [0.1, 0.15) is 5.82 Å². The third-order valence-electron chi connectivity index (χ3n) is 2.62. The summed E-state index contributed by atoms with van der Waals surface area (Å²) < 4.78 is 13.8. The summed E-state index contributed by atoms with van der Waals surface area (Å²) >= 11 is 3.10. The predicted molar refractivity (Wildman–Crippen MR) is 57.4 cm³/mol. The summed E-state index contributed by atoms with van der Waals surface area (Å²) in [5.41, 5.74) is 0.391. The molecule has 1 aromatic rings. The van der Waals surface area contributed by atoms with Crippen molar-refractivity contribution in [3.63, 3.8) is 0 Å². The molecule has 5 heteroatoms. The topological polar surface area (TPSA) is 52.5 Å². The molecular weight excluding hydrogens is 265 g/mol. The lowest BCUT2D eigenvalue weighted by Gasteiger charge is -2.15. The summed E-state index contributed by atoms with van der Waals surface area (Å²) in [6.45, 7) is 0.845. The van der Waals surface area contributed by atoms with Gasteiger partial charge in [-0.25, -0.2) is 4.39 Å². The predicted octanol–water partition coefficient (Wildman–Crippen LogP) is 2.42. The zero-order valence-corrected chi connectivity index (χ0v) is 9.51. The Hall–Kier alpha value is -0.810. The maximum Gasteiger partial charge on any atom is 0.172 e. The SMILES string of the molecule is Oc1cc(F)c(C2CCCN2)c(Br)c1O. The van der Waals surface area contributed by atoms with Crippen molar-refractivity contribution in [3.8, 4) is 11.5 Å². The van der Waals surface area contributed by atoms with Gasteiger partial charge in [-0.2, -0.15) is 0 Å². The van der Waals surface area contributed by atoms with Gasteiger partial charge in [-0.15, -0.1) is 0 Å². The first-order valence-corrected chi connectivity index (χ1v) is 5.53. The lowest BCUT2D eigenvalue weighted by molar-refractivity contribution is 0.393. The molecule has 0 saturated carbocycles. The fourth-order valence-electron chi connectivity index (χ4n) is 1.86. The average molecular weight is 276 g/mol. The number of phenols is 2. The van der Waals surface area contributed by atoms with Gasteiger partial charge in [-0.05, 0) is 35.3 Å². The Bertz CT molecular complexity index is 391. The molecule has 1 atom stereocenters. The second kappa shape index (κ2) is 3.98. The summed E-state index contributed by atoms with van der Waals surface area (Å²) in [5.74, 6) is -1.25. The van der Waals surface area contributed by atoms with Crippen LogP contribution < -0.4 is 5.32 Å². The van der Waals surface area contributed by atoms with Crippen LogP contribution in [0.15, 0.2) is 10.5 Å². The van der Waals surface area contributed by atoms with Crippen LogP contribution in [0, 0.1) is 5.82 Å². The van der Waals surface area contributed by atoms with Gasteiger partial charge in [0.2, 0.25) is 0 Å². The van der Waals surface area contributed by atoms with E-state index in [1.165, 1.54) is 0 Å². The van der Waals surface area contributed by atoms with Crippen LogP contribution in [0.25, 0.3) is 0 Å².